The minimum absolute atomic E-state index is 0.187. The van der Waals surface area contributed by atoms with Gasteiger partial charge in [0.1, 0.15) is 19.0 Å². The van der Waals surface area contributed by atoms with Crippen LogP contribution in [0.1, 0.15) is 30.5 Å². The van der Waals surface area contributed by atoms with Crippen molar-refractivity contribution in [1.82, 2.24) is 0 Å². The maximum atomic E-state index is 11.4. The van der Waals surface area contributed by atoms with E-state index in [4.69, 9.17) is 14.2 Å². The average Bonchev–Trinajstić information content (AvgIpc) is 2.73. The maximum absolute atomic E-state index is 11.4. The molecule has 0 saturated heterocycles. The lowest BCUT2D eigenvalue weighted by Crippen LogP contribution is -2.12. The van der Waals surface area contributed by atoms with Gasteiger partial charge in [-0.2, -0.15) is 0 Å². The molecule has 0 radical (unpaired) electrons. The minimum atomic E-state index is -0.409. The number of ether oxygens (including phenoxy) is 3. The van der Waals surface area contributed by atoms with Gasteiger partial charge >= 0.3 is 11.9 Å². The van der Waals surface area contributed by atoms with E-state index in [2.05, 4.69) is 25.3 Å². The molecule has 0 spiro atoms. The van der Waals surface area contributed by atoms with Crippen molar-refractivity contribution in [2.45, 2.75) is 26.7 Å². The third-order valence-corrected chi connectivity index (χ3v) is 4.26. The fourth-order valence-electron chi connectivity index (χ4n) is 2.56. The van der Waals surface area contributed by atoms with Crippen molar-refractivity contribution in [1.29, 1.82) is 0 Å². The molecule has 0 aliphatic heterocycles. The zero-order valence-corrected chi connectivity index (χ0v) is 17.6. The molecule has 5 heteroatoms. The highest BCUT2D eigenvalue weighted by Crippen LogP contribution is 2.16. The summed E-state index contributed by atoms with van der Waals surface area (Å²) in [5.41, 5.74) is 4.26. The Morgan fingerprint density at radius 2 is 1.17 bits per heavy atom. The van der Waals surface area contributed by atoms with Crippen LogP contribution in [0, 0.1) is 0 Å². The van der Waals surface area contributed by atoms with Gasteiger partial charge in [-0.25, -0.2) is 9.59 Å². The number of carbonyl (C=O) groups excluding carboxylic acids is 2. The van der Waals surface area contributed by atoms with E-state index in [9.17, 15) is 9.59 Å². The second kappa shape index (κ2) is 11.6. The van der Waals surface area contributed by atoms with Crippen molar-refractivity contribution in [3.8, 4) is 5.75 Å². The predicted octanol–water partition coefficient (Wildman–Crippen LogP) is 4.44. The summed E-state index contributed by atoms with van der Waals surface area (Å²) >= 11 is 0. The normalized spacial score (nSPS) is 10.2. The third-order valence-electron chi connectivity index (χ3n) is 4.26. The van der Waals surface area contributed by atoms with Crippen LogP contribution in [0.25, 0.3) is 0 Å². The van der Waals surface area contributed by atoms with E-state index < -0.39 is 5.97 Å². The molecule has 30 heavy (non-hydrogen) atoms. The van der Waals surface area contributed by atoms with Crippen molar-refractivity contribution in [3.05, 3.63) is 89.5 Å². The maximum Gasteiger partial charge on any atom is 0.333 e. The summed E-state index contributed by atoms with van der Waals surface area (Å²) in [6.07, 6.45) is 1.48. The quantitative estimate of drug-likeness (QED) is 0.313. The summed E-state index contributed by atoms with van der Waals surface area (Å²) in [5.74, 6) is -0.0375. The highest BCUT2D eigenvalue weighted by molar-refractivity contribution is 5.87. The summed E-state index contributed by atoms with van der Waals surface area (Å²) in [4.78, 5) is 22.7. The first kappa shape index (κ1) is 22.9. The van der Waals surface area contributed by atoms with Crippen molar-refractivity contribution in [3.63, 3.8) is 0 Å². The highest BCUT2D eigenvalue weighted by atomic mass is 16.6. The standard InChI is InChI=1S/C25H28O5/c1-18(2)24(26)29-14-13-20-5-7-21(8-6-20)17-22-9-11-23(12-10-22)28-15-16-30-25(27)19(3)4/h5-12H,1,3,13-17H2,2,4H3. The molecule has 2 aromatic carbocycles. The van der Waals surface area contributed by atoms with Gasteiger partial charge in [0.05, 0.1) is 6.61 Å². The van der Waals surface area contributed by atoms with Gasteiger partial charge in [-0.3, -0.25) is 0 Å². The molecular formula is C25H28O5. The third kappa shape index (κ3) is 7.95. The Hall–Kier alpha value is -3.34. The molecule has 0 bridgehead atoms. The van der Waals surface area contributed by atoms with Gasteiger partial charge in [0.15, 0.2) is 0 Å². The Labute approximate surface area is 178 Å². The molecule has 0 aliphatic carbocycles. The van der Waals surface area contributed by atoms with Crippen LogP contribution in [0.15, 0.2) is 72.8 Å². The number of esters is 2. The van der Waals surface area contributed by atoms with E-state index in [-0.39, 0.29) is 12.6 Å². The van der Waals surface area contributed by atoms with E-state index in [1.807, 2.05) is 36.4 Å². The number of hydrogen-bond acceptors (Lipinski definition) is 5. The van der Waals surface area contributed by atoms with E-state index in [1.165, 1.54) is 11.1 Å². The average molecular weight is 408 g/mol. The van der Waals surface area contributed by atoms with Crippen molar-refractivity contribution in [2.24, 2.45) is 0 Å². The molecule has 2 rings (SSSR count). The molecule has 5 nitrogen and oxygen atoms in total. The van der Waals surface area contributed by atoms with Crippen LogP contribution in [0.5, 0.6) is 5.75 Å². The minimum Gasteiger partial charge on any atom is -0.490 e. The summed E-state index contributed by atoms with van der Waals surface area (Å²) in [5, 5.41) is 0. The molecule has 0 heterocycles. The van der Waals surface area contributed by atoms with Gasteiger partial charge in [-0.05, 0) is 49.1 Å². The molecule has 0 atom stereocenters. The van der Waals surface area contributed by atoms with Gasteiger partial charge < -0.3 is 14.2 Å². The fourth-order valence-corrected chi connectivity index (χ4v) is 2.56. The van der Waals surface area contributed by atoms with Crippen molar-refractivity contribution in [2.75, 3.05) is 19.8 Å². The van der Waals surface area contributed by atoms with Crippen LogP contribution in [0.2, 0.25) is 0 Å². The zero-order valence-electron chi connectivity index (χ0n) is 17.6. The van der Waals surface area contributed by atoms with Gasteiger partial charge in [0.2, 0.25) is 0 Å². The molecule has 2 aromatic rings. The predicted molar refractivity (Wildman–Crippen MR) is 116 cm³/mol. The Bertz CT molecular complexity index is 879. The first-order chi connectivity index (χ1) is 14.3. The molecule has 0 amide bonds. The molecule has 158 valence electrons. The summed E-state index contributed by atoms with van der Waals surface area (Å²) < 4.78 is 15.7. The molecule has 0 fully saturated rings. The van der Waals surface area contributed by atoms with E-state index >= 15 is 0 Å². The molecule has 0 aromatic heterocycles. The Morgan fingerprint density at radius 3 is 1.70 bits per heavy atom. The summed E-state index contributed by atoms with van der Waals surface area (Å²) in [6.45, 7) is 11.2. The van der Waals surface area contributed by atoms with Crippen molar-refractivity contribution >= 4 is 11.9 Å². The second-order valence-corrected chi connectivity index (χ2v) is 7.07. The molecule has 0 unspecified atom stereocenters. The van der Waals surface area contributed by atoms with E-state index in [0.29, 0.717) is 30.8 Å². The molecule has 0 N–H and O–H groups in total. The van der Waals surface area contributed by atoms with Crippen LogP contribution in [-0.2, 0) is 31.9 Å². The van der Waals surface area contributed by atoms with E-state index in [1.54, 1.807) is 13.8 Å². The van der Waals surface area contributed by atoms with Crippen LogP contribution in [-0.4, -0.2) is 31.8 Å². The molecular weight excluding hydrogens is 380 g/mol. The fraction of sp³-hybridized carbons (Fsp3) is 0.280. The Kier molecular flexibility index (Phi) is 8.88. The van der Waals surface area contributed by atoms with Crippen LogP contribution in [0.4, 0.5) is 0 Å². The molecule has 0 saturated carbocycles. The largest absolute Gasteiger partial charge is 0.490 e. The second-order valence-electron chi connectivity index (χ2n) is 7.07. The lowest BCUT2D eigenvalue weighted by molar-refractivity contribution is -0.140. The smallest absolute Gasteiger partial charge is 0.333 e. The van der Waals surface area contributed by atoms with Gasteiger partial charge in [0, 0.05) is 17.6 Å². The SMILES string of the molecule is C=C(C)C(=O)OCCOc1ccc(Cc2ccc(CCOC(=O)C(=C)C)cc2)cc1. The lowest BCUT2D eigenvalue weighted by atomic mass is 10.0. The van der Waals surface area contributed by atoms with Crippen LogP contribution < -0.4 is 4.74 Å². The van der Waals surface area contributed by atoms with Gasteiger partial charge in [-0.1, -0.05) is 49.6 Å². The number of hydrogen-bond donors (Lipinski definition) is 0. The topological polar surface area (TPSA) is 61.8 Å². The first-order valence-corrected chi connectivity index (χ1v) is 9.80. The zero-order chi connectivity index (χ0) is 21.9. The summed E-state index contributed by atoms with van der Waals surface area (Å²) in [6, 6.07) is 16.1. The monoisotopic (exact) mass is 408 g/mol. The number of carbonyl (C=O) groups is 2. The van der Waals surface area contributed by atoms with Gasteiger partial charge in [0.25, 0.3) is 0 Å². The van der Waals surface area contributed by atoms with Crippen molar-refractivity contribution < 1.29 is 23.8 Å². The van der Waals surface area contributed by atoms with Gasteiger partial charge in [-0.15, -0.1) is 0 Å². The van der Waals surface area contributed by atoms with Crippen LogP contribution >= 0.6 is 0 Å². The Morgan fingerprint density at radius 1 is 0.700 bits per heavy atom. The van der Waals surface area contributed by atoms with Crippen LogP contribution in [0.3, 0.4) is 0 Å². The first-order valence-electron chi connectivity index (χ1n) is 9.80. The number of rotatable bonds is 11. The summed E-state index contributed by atoms with van der Waals surface area (Å²) in [7, 11) is 0. The van der Waals surface area contributed by atoms with E-state index in [0.717, 1.165) is 17.7 Å². The lowest BCUT2D eigenvalue weighted by Gasteiger charge is -2.09. The number of benzene rings is 2. The highest BCUT2D eigenvalue weighted by Gasteiger charge is 2.04. The molecule has 0 aliphatic rings. The Balaban J connectivity index is 1.75.